The van der Waals surface area contributed by atoms with Gasteiger partial charge in [0.15, 0.2) is 5.78 Å². The van der Waals surface area contributed by atoms with Crippen LogP contribution < -0.4 is 4.74 Å². The van der Waals surface area contributed by atoms with Gasteiger partial charge in [-0.05, 0) is 48.6 Å². The maximum absolute atomic E-state index is 11.9. The topological polar surface area (TPSA) is 66.8 Å². The van der Waals surface area contributed by atoms with Gasteiger partial charge in [0, 0.05) is 17.2 Å². The number of ether oxygens (including phenoxy) is 1. The molecule has 0 amide bonds. The molecule has 4 heteroatoms. The molecule has 0 bridgehead atoms. The summed E-state index contributed by atoms with van der Waals surface area (Å²) >= 11 is 0. The van der Waals surface area contributed by atoms with Crippen molar-refractivity contribution in [1.29, 1.82) is 0 Å². The molecule has 0 saturated carbocycles. The van der Waals surface area contributed by atoms with Crippen molar-refractivity contribution in [1.82, 2.24) is 0 Å². The predicted molar refractivity (Wildman–Crippen MR) is 76.1 cm³/mol. The number of aromatic hydroxyl groups is 2. The molecule has 4 nitrogen and oxygen atoms in total. The molecule has 0 radical (unpaired) electrons. The minimum atomic E-state index is -0.180. The highest BCUT2D eigenvalue weighted by Gasteiger charge is 2.04. The van der Waals surface area contributed by atoms with E-state index in [1.54, 1.807) is 24.3 Å². The van der Waals surface area contributed by atoms with Crippen LogP contribution in [0.15, 0.2) is 48.5 Å². The Labute approximate surface area is 116 Å². The van der Waals surface area contributed by atoms with E-state index >= 15 is 0 Å². The standard InChI is InChI=1S/C16H14O4/c1-20-16-10-14(18)8-4-12(16)5-9-15(19)11-2-6-13(17)7-3-11/h2-10,17-18H,1H3. The van der Waals surface area contributed by atoms with Crippen LogP contribution in [0, 0.1) is 0 Å². The van der Waals surface area contributed by atoms with Crippen LogP contribution in [-0.4, -0.2) is 23.1 Å². The van der Waals surface area contributed by atoms with E-state index < -0.39 is 0 Å². The first-order valence-corrected chi connectivity index (χ1v) is 5.98. The molecule has 0 spiro atoms. The van der Waals surface area contributed by atoms with Crippen LogP contribution in [0.3, 0.4) is 0 Å². The van der Waals surface area contributed by atoms with Crippen LogP contribution in [0.1, 0.15) is 15.9 Å². The summed E-state index contributed by atoms with van der Waals surface area (Å²) in [6, 6.07) is 10.7. The number of rotatable bonds is 4. The first-order chi connectivity index (χ1) is 9.60. The Hall–Kier alpha value is -2.75. The van der Waals surface area contributed by atoms with E-state index in [9.17, 15) is 15.0 Å². The van der Waals surface area contributed by atoms with Crippen LogP contribution in [0.4, 0.5) is 0 Å². The first-order valence-electron chi connectivity index (χ1n) is 5.98. The van der Waals surface area contributed by atoms with Crippen LogP contribution >= 0.6 is 0 Å². The minimum absolute atomic E-state index is 0.101. The highest BCUT2D eigenvalue weighted by atomic mass is 16.5. The van der Waals surface area contributed by atoms with E-state index in [1.807, 2.05) is 0 Å². The van der Waals surface area contributed by atoms with Crippen molar-refractivity contribution in [3.63, 3.8) is 0 Å². The quantitative estimate of drug-likeness (QED) is 0.662. The number of hydrogen-bond acceptors (Lipinski definition) is 4. The summed E-state index contributed by atoms with van der Waals surface area (Å²) in [4.78, 5) is 11.9. The normalized spacial score (nSPS) is 10.7. The average Bonchev–Trinajstić information content (AvgIpc) is 2.46. The van der Waals surface area contributed by atoms with Gasteiger partial charge >= 0.3 is 0 Å². The molecule has 102 valence electrons. The van der Waals surface area contributed by atoms with E-state index in [4.69, 9.17) is 4.74 Å². The Bertz CT molecular complexity index is 642. The molecule has 20 heavy (non-hydrogen) atoms. The fourth-order valence-corrected chi connectivity index (χ4v) is 1.72. The SMILES string of the molecule is COc1cc(O)ccc1C=CC(=O)c1ccc(O)cc1. The van der Waals surface area contributed by atoms with E-state index in [1.165, 1.54) is 37.5 Å². The van der Waals surface area contributed by atoms with Gasteiger partial charge in [-0.3, -0.25) is 4.79 Å². The number of methoxy groups -OCH3 is 1. The fourth-order valence-electron chi connectivity index (χ4n) is 1.72. The molecule has 2 rings (SSSR count). The number of phenols is 2. The number of carbonyl (C=O) groups is 1. The van der Waals surface area contributed by atoms with Gasteiger partial charge in [-0.1, -0.05) is 0 Å². The molecule has 0 saturated heterocycles. The van der Waals surface area contributed by atoms with Crippen molar-refractivity contribution in [3.05, 3.63) is 59.7 Å². The van der Waals surface area contributed by atoms with E-state index in [0.29, 0.717) is 16.9 Å². The smallest absolute Gasteiger partial charge is 0.185 e. The third-order valence-corrected chi connectivity index (χ3v) is 2.78. The molecule has 0 aliphatic rings. The Balaban J connectivity index is 2.21. The summed E-state index contributed by atoms with van der Waals surface area (Å²) in [6.07, 6.45) is 3.04. The second kappa shape index (κ2) is 5.93. The highest BCUT2D eigenvalue weighted by Crippen LogP contribution is 2.25. The molecule has 0 aromatic heterocycles. The Morgan fingerprint density at radius 2 is 1.70 bits per heavy atom. The van der Waals surface area contributed by atoms with Gasteiger partial charge in [-0.25, -0.2) is 0 Å². The van der Waals surface area contributed by atoms with Crippen molar-refractivity contribution in [2.75, 3.05) is 7.11 Å². The van der Waals surface area contributed by atoms with E-state index in [0.717, 1.165) is 0 Å². The largest absolute Gasteiger partial charge is 0.508 e. The van der Waals surface area contributed by atoms with E-state index in [-0.39, 0.29) is 17.3 Å². The van der Waals surface area contributed by atoms with Crippen molar-refractivity contribution >= 4 is 11.9 Å². The third-order valence-electron chi connectivity index (χ3n) is 2.78. The summed E-state index contributed by atoms with van der Waals surface area (Å²) in [5.41, 5.74) is 1.18. The average molecular weight is 270 g/mol. The fraction of sp³-hybridized carbons (Fsp3) is 0.0625. The number of hydrogen-bond donors (Lipinski definition) is 2. The summed E-state index contributed by atoms with van der Waals surface area (Å²) in [6.45, 7) is 0. The van der Waals surface area contributed by atoms with Crippen LogP contribution in [0.2, 0.25) is 0 Å². The van der Waals surface area contributed by atoms with Crippen LogP contribution in [0.25, 0.3) is 6.08 Å². The lowest BCUT2D eigenvalue weighted by Gasteiger charge is -2.04. The lowest BCUT2D eigenvalue weighted by atomic mass is 10.1. The van der Waals surface area contributed by atoms with Crippen molar-refractivity contribution in [2.45, 2.75) is 0 Å². The molecule has 0 unspecified atom stereocenters. The van der Waals surface area contributed by atoms with Crippen molar-refractivity contribution < 1.29 is 19.7 Å². The Kier molecular flexibility index (Phi) is 4.05. The summed E-state index contributed by atoms with van der Waals surface area (Å²) in [5.74, 6) is 0.523. The van der Waals surface area contributed by atoms with Gasteiger partial charge in [-0.15, -0.1) is 0 Å². The van der Waals surface area contributed by atoms with Gasteiger partial charge < -0.3 is 14.9 Å². The molecule has 0 atom stereocenters. The monoisotopic (exact) mass is 270 g/mol. The molecule has 0 aliphatic carbocycles. The molecule has 2 aromatic carbocycles. The summed E-state index contributed by atoms with van der Waals surface area (Å²) < 4.78 is 5.12. The van der Waals surface area contributed by atoms with Crippen LogP contribution in [0.5, 0.6) is 17.2 Å². The maximum Gasteiger partial charge on any atom is 0.185 e. The number of allylic oxidation sites excluding steroid dienone is 1. The molecule has 0 fully saturated rings. The highest BCUT2D eigenvalue weighted by molar-refractivity contribution is 6.07. The number of benzene rings is 2. The second-order valence-corrected chi connectivity index (χ2v) is 4.17. The number of carbonyl (C=O) groups excluding carboxylic acids is 1. The summed E-state index contributed by atoms with van der Waals surface area (Å²) in [5, 5.41) is 18.5. The van der Waals surface area contributed by atoms with Crippen molar-refractivity contribution in [2.24, 2.45) is 0 Å². The zero-order valence-corrected chi connectivity index (χ0v) is 10.9. The number of ketones is 1. The maximum atomic E-state index is 11.9. The van der Waals surface area contributed by atoms with Gasteiger partial charge in [0.25, 0.3) is 0 Å². The predicted octanol–water partition coefficient (Wildman–Crippen LogP) is 3.00. The minimum Gasteiger partial charge on any atom is -0.508 e. The first kappa shape index (κ1) is 13.7. The molecule has 2 N–H and O–H groups in total. The lowest BCUT2D eigenvalue weighted by molar-refractivity contribution is 0.104. The van der Waals surface area contributed by atoms with Gasteiger partial charge in [0.1, 0.15) is 17.2 Å². The Morgan fingerprint density at radius 3 is 2.35 bits per heavy atom. The molecular weight excluding hydrogens is 256 g/mol. The lowest BCUT2D eigenvalue weighted by Crippen LogP contribution is -1.93. The van der Waals surface area contributed by atoms with Gasteiger partial charge in [0.05, 0.1) is 7.11 Å². The third kappa shape index (κ3) is 3.17. The summed E-state index contributed by atoms with van der Waals surface area (Å²) in [7, 11) is 1.49. The number of phenolic OH excluding ortho intramolecular Hbond substituents is 2. The van der Waals surface area contributed by atoms with Gasteiger partial charge in [-0.2, -0.15) is 0 Å². The molecule has 0 aliphatic heterocycles. The zero-order chi connectivity index (χ0) is 14.5. The Morgan fingerprint density at radius 1 is 1.05 bits per heavy atom. The van der Waals surface area contributed by atoms with Crippen molar-refractivity contribution in [3.8, 4) is 17.2 Å². The molecule has 0 heterocycles. The molecular formula is C16H14O4. The van der Waals surface area contributed by atoms with Gasteiger partial charge in [0.2, 0.25) is 0 Å². The zero-order valence-electron chi connectivity index (χ0n) is 10.9. The second-order valence-electron chi connectivity index (χ2n) is 4.17. The van der Waals surface area contributed by atoms with Crippen LogP contribution in [-0.2, 0) is 0 Å². The molecule has 2 aromatic rings. The van der Waals surface area contributed by atoms with E-state index in [2.05, 4.69) is 0 Å².